The van der Waals surface area contributed by atoms with Gasteiger partial charge in [0.25, 0.3) is 11.8 Å². The molecule has 0 atom stereocenters. The molecular weight excluding hydrogens is 1040 g/mol. The number of phenols is 1. The first-order valence-corrected chi connectivity index (χ1v) is 24.8. The molecule has 0 aromatic heterocycles. The number of rotatable bonds is 20. The maximum atomic E-state index is 13.7. The standard InChI is InChI=1S/C48H74IN9O13/c1-46(2,3)69-43(66)31-54-20-18-53(19-21-55(32-44(67)70-47(4,5)6)23-25-56(24-22-54)33-45(68)71-48(7,8)9)29-38(61)51-14-16-57(42(65)27-34-10-11-36(59)35(49)26-34)30-39(62)52-28-37(60)50-15-17-58-40(63)12-13-41(58)64/h10-13,26,59H,14-25,27-33H2,1-9H3,(H,50,60)(H,51,61)(H,52,62). The smallest absolute Gasteiger partial charge is 0.320 e. The number of carbonyl (C=O) groups is 9. The molecule has 22 nitrogen and oxygen atoms in total. The van der Waals surface area contributed by atoms with Crippen LogP contribution in [0.15, 0.2) is 30.4 Å². The van der Waals surface area contributed by atoms with Crippen LogP contribution in [0.3, 0.4) is 0 Å². The molecule has 1 saturated heterocycles. The Hall–Kier alpha value is -5.24. The lowest BCUT2D eigenvalue weighted by Crippen LogP contribution is -2.51. The lowest BCUT2D eigenvalue weighted by Gasteiger charge is -2.34. The van der Waals surface area contributed by atoms with Gasteiger partial charge >= 0.3 is 17.9 Å². The first-order valence-electron chi connectivity index (χ1n) is 23.7. The highest BCUT2D eigenvalue weighted by molar-refractivity contribution is 14.1. The van der Waals surface area contributed by atoms with E-state index in [0.29, 0.717) is 61.5 Å². The second-order valence-electron chi connectivity index (χ2n) is 20.3. The predicted molar refractivity (Wildman–Crippen MR) is 269 cm³/mol. The van der Waals surface area contributed by atoms with Crippen LogP contribution >= 0.6 is 22.6 Å². The number of halogens is 1. The molecule has 0 spiro atoms. The van der Waals surface area contributed by atoms with Crippen LogP contribution < -0.4 is 16.0 Å². The fraction of sp³-hybridized carbons (Fsp3) is 0.646. The molecule has 0 bridgehead atoms. The number of ether oxygens (including phenoxy) is 3. The monoisotopic (exact) mass is 1110 g/mol. The largest absolute Gasteiger partial charge is 0.507 e. The zero-order valence-electron chi connectivity index (χ0n) is 42.7. The summed E-state index contributed by atoms with van der Waals surface area (Å²) in [6, 6.07) is 4.68. The van der Waals surface area contributed by atoms with Crippen molar-refractivity contribution < 1.29 is 62.5 Å². The Balaban J connectivity index is 1.74. The number of phenolic OH excluding ortho intramolecular Hbond substituents is 1. The van der Waals surface area contributed by atoms with Crippen molar-refractivity contribution in [1.82, 2.24) is 45.3 Å². The number of nitrogens with zero attached hydrogens (tertiary/aromatic N) is 6. The molecule has 71 heavy (non-hydrogen) atoms. The number of amides is 6. The molecule has 6 amide bonds. The number of hydrogen-bond acceptors (Lipinski definition) is 17. The minimum absolute atomic E-state index is 0.0156. The van der Waals surface area contributed by atoms with Crippen molar-refractivity contribution in [1.29, 1.82) is 0 Å². The molecule has 0 saturated carbocycles. The van der Waals surface area contributed by atoms with Crippen LogP contribution in [0.5, 0.6) is 5.75 Å². The third kappa shape index (κ3) is 25.1. The van der Waals surface area contributed by atoms with Crippen molar-refractivity contribution in [3.05, 3.63) is 39.5 Å². The molecule has 2 aliphatic rings. The maximum absolute atomic E-state index is 13.7. The SMILES string of the molecule is CC(C)(C)OC(=O)CN1CCN(CC(=O)NCCN(CC(=O)NCC(=O)NCCN2C(=O)C=CC2=O)C(=O)Cc2ccc(O)c(I)c2)CCN(CC(=O)OC(C)(C)C)CCN(CC(=O)OC(C)(C)C)CC1. The van der Waals surface area contributed by atoms with E-state index in [0.717, 1.165) is 17.1 Å². The summed E-state index contributed by atoms with van der Waals surface area (Å²) in [6.07, 6.45) is 2.13. The normalized spacial score (nSPS) is 16.1. The van der Waals surface area contributed by atoms with E-state index in [1.807, 2.05) is 42.2 Å². The fourth-order valence-corrected chi connectivity index (χ4v) is 7.72. The molecule has 0 unspecified atom stereocenters. The summed E-state index contributed by atoms with van der Waals surface area (Å²) in [5.74, 6) is -4.33. The van der Waals surface area contributed by atoms with Gasteiger partial charge in [-0.15, -0.1) is 0 Å². The van der Waals surface area contributed by atoms with Crippen LogP contribution in [0.2, 0.25) is 0 Å². The Kier molecular flexibility index (Phi) is 23.8. The van der Waals surface area contributed by atoms with E-state index >= 15 is 0 Å². The number of aromatic hydroxyl groups is 1. The number of hydrogen-bond donors (Lipinski definition) is 4. The summed E-state index contributed by atoms with van der Waals surface area (Å²) in [5, 5.41) is 17.9. The van der Waals surface area contributed by atoms with Crippen molar-refractivity contribution in [3.63, 3.8) is 0 Å². The van der Waals surface area contributed by atoms with E-state index in [-0.39, 0.29) is 64.5 Å². The summed E-state index contributed by atoms with van der Waals surface area (Å²) in [4.78, 5) is 126. The molecule has 2 aliphatic heterocycles. The third-order valence-electron chi connectivity index (χ3n) is 10.4. The van der Waals surface area contributed by atoms with Gasteiger partial charge in [0.1, 0.15) is 22.6 Å². The van der Waals surface area contributed by atoms with Gasteiger partial charge < -0.3 is 40.2 Å². The average molecular weight is 1110 g/mol. The number of imide groups is 1. The number of nitrogens with one attached hydrogen (secondary N) is 3. The highest BCUT2D eigenvalue weighted by Gasteiger charge is 2.27. The molecule has 1 aromatic rings. The highest BCUT2D eigenvalue weighted by Crippen LogP contribution is 2.21. The molecule has 3 rings (SSSR count). The molecule has 1 aromatic carbocycles. The van der Waals surface area contributed by atoms with Gasteiger partial charge in [-0.2, -0.15) is 0 Å². The second kappa shape index (κ2) is 28.1. The maximum Gasteiger partial charge on any atom is 0.320 e. The van der Waals surface area contributed by atoms with Crippen LogP contribution in [0, 0.1) is 3.57 Å². The minimum Gasteiger partial charge on any atom is -0.507 e. The highest BCUT2D eigenvalue weighted by atomic mass is 127. The molecule has 23 heteroatoms. The van der Waals surface area contributed by atoms with Crippen molar-refractivity contribution in [2.24, 2.45) is 0 Å². The Morgan fingerprint density at radius 1 is 0.606 bits per heavy atom. The van der Waals surface area contributed by atoms with Crippen LogP contribution in [-0.2, 0) is 63.8 Å². The van der Waals surface area contributed by atoms with Crippen LogP contribution in [0.25, 0.3) is 0 Å². The fourth-order valence-electron chi connectivity index (χ4n) is 7.14. The van der Waals surface area contributed by atoms with Gasteiger partial charge in [-0.05, 0) is 103 Å². The van der Waals surface area contributed by atoms with Crippen molar-refractivity contribution in [3.8, 4) is 5.75 Å². The van der Waals surface area contributed by atoms with Crippen molar-refractivity contribution >= 4 is 75.9 Å². The van der Waals surface area contributed by atoms with E-state index in [2.05, 4.69) is 16.0 Å². The van der Waals surface area contributed by atoms with Gasteiger partial charge in [0.15, 0.2) is 0 Å². The lowest BCUT2D eigenvalue weighted by atomic mass is 10.1. The first kappa shape index (κ1) is 60.1. The molecular formula is C48H74IN9O13. The zero-order chi connectivity index (χ0) is 53.1. The van der Waals surface area contributed by atoms with Crippen LogP contribution in [0.4, 0.5) is 0 Å². The van der Waals surface area contributed by atoms with Crippen LogP contribution in [0.1, 0.15) is 67.9 Å². The van der Waals surface area contributed by atoms with Gasteiger partial charge in [-0.25, -0.2) is 0 Å². The molecule has 0 radical (unpaired) electrons. The van der Waals surface area contributed by atoms with Gasteiger partial charge in [-0.3, -0.25) is 67.7 Å². The summed E-state index contributed by atoms with van der Waals surface area (Å²) in [5.41, 5.74) is -1.57. The summed E-state index contributed by atoms with van der Waals surface area (Å²) >= 11 is 1.94. The van der Waals surface area contributed by atoms with E-state index in [1.165, 1.54) is 11.0 Å². The van der Waals surface area contributed by atoms with E-state index in [1.54, 1.807) is 74.4 Å². The molecule has 396 valence electrons. The molecule has 2 heterocycles. The first-order chi connectivity index (χ1) is 33.0. The minimum atomic E-state index is -0.724. The summed E-state index contributed by atoms with van der Waals surface area (Å²) in [6.45, 7) is 17.5. The molecule has 4 N–H and O–H groups in total. The quantitative estimate of drug-likeness (QED) is 0.0575. The molecule has 0 aliphatic carbocycles. The Labute approximate surface area is 430 Å². The van der Waals surface area contributed by atoms with E-state index in [9.17, 15) is 48.3 Å². The number of carbonyl (C=O) groups excluding carboxylic acids is 9. The zero-order valence-corrected chi connectivity index (χ0v) is 44.9. The third-order valence-corrected chi connectivity index (χ3v) is 11.2. The Bertz CT molecular complexity index is 2020. The average Bonchev–Trinajstić information content (AvgIpc) is 3.55. The lowest BCUT2D eigenvalue weighted by molar-refractivity contribution is -0.158. The van der Waals surface area contributed by atoms with Gasteiger partial charge in [0.2, 0.25) is 23.6 Å². The van der Waals surface area contributed by atoms with Crippen molar-refractivity contribution in [2.75, 3.05) is 118 Å². The number of benzene rings is 1. The van der Waals surface area contributed by atoms with E-state index in [4.69, 9.17) is 14.2 Å². The van der Waals surface area contributed by atoms with E-state index < -0.39 is 83.2 Å². The predicted octanol–water partition coefficient (Wildman–Crippen LogP) is -0.112. The second-order valence-corrected chi connectivity index (χ2v) is 21.4. The van der Waals surface area contributed by atoms with Gasteiger partial charge in [0.05, 0.1) is 49.3 Å². The van der Waals surface area contributed by atoms with Gasteiger partial charge in [0, 0.05) is 90.7 Å². The molecule has 1 fully saturated rings. The topological polar surface area (TPSA) is 257 Å². The van der Waals surface area contributed by atoms with Crippen LogP contribution in [-0.4, -0.2) is 222 Å². The number of esters is 3. The Morgan fingerprint density at radius 3 is 1.45 bits per heavy atom. The van der Waals surface area contributed by atoms with Gasteiger partial charge in [-0.1, -0.05) is 6.07 Å². The summed E-state index contributed by atoms with van der Waals surface area (Å²) in [7, 11) is 0. The summed E-state index contributed by atoms with van der Waals surface area (Å²) < 4.78 is 17.4. The van der Waals surface area contributed by atoms with Crippen molar-refractivity contribution in [2.45, 2.75) is 85.5 Å². The Morgan fingerprint density at radius 2 is 1.03 bits per heavy atom.